The van der Waals surface area contributed by atoms with E-state index in [0.717, 1.165) is 12.8 Å². The Morgan fingerprint density at radius 2 is 2.45 bits per heavy atom. The van der Waals surface area contributed by atoms with Gasteiger partial charge in [-0.1, -0.05) is 11.8 Å². The van der Waals surface area contributed by atoms with Crippen molar-refractivity contribution in [3.63, 3.8) is 0 Å². The van der Waals surface area contributed by atoms with E-state index in [1.807, 2.05) is 0 Å². The SMILES string of the molecule is O=C(O)C1(N2CSC=N2)CC1. The van der Waals surface area contributed by atoms with Gasteiger partial charge in [0.1, 0.15) is 0 Å². The van der Waals surface area contributed by atoms with Crippen molar-refractivity contribution in [2.24, 2.45) is 5.10 Å². The summed E-state index contributed by atoms with van der Waals surface area (Å²) in [4.78, 5) is 10.7. The molecule has 0 aromatic carbocycles. The molecule has 2 aliphatic rings. The lowest BCUT2D eigenvalue weighted by atomic mass is 10.3. The molecule has 1 aliphatic carbocycles. The van der Waals surface area contributed by atoms with Crippen molar-refractivity contribution in [3.05, 3.63) is 0 Å². The number of hydrogen-bond donors (Lipinski definition) is 1. The summed E-state index contributed by atoms with van der Waals surface area (Å²) in [6.45, 7) is 0. The van der Waals surface area contributed by atoms with Gasteiger partial charge in [0.25, 0.3) is 0 Å². The molecular formula is C6H8N2O2S. The van der Waals surface area contributed by atoms with Crippen LogP contribution in [0.4, 0.5) is 0 Å². The molecule has 1 aliphatic heterocycles. The zero-order chi connectivity index (χ0) is 7.90. The third-order valence-electron chi connectivity index (χ3n) is 2.07. The van der Waals surface area contributed by atoms with Crippen LogP contribution in [-0.4, -0.2) is 33.0 Å². The second-order valence-electron chi connectivity index (χ2n) is 2.75. The molecule has 0 saturated heterocycles. The number of hydrazone groups is 1. The maximum Gasteiger partial charge on any atom is 0.331 e. The zero-order valence-corrected chi connectivity index (χ0v) is 6.67. The highest BCUT2D eigenvalue weighted by Gasteiger charge is 2.56. The molecule has 1 fully saturated rings. The zero-order valence-electron chi connectivity index (χ0n) is 5.86. The monoisotopic (exact) mass is 172 g/mol. The molecule has 0 bridgehead atoms. The van der Waals surface area contributed by atoms with Gasteiger partial charge in [-0.05, 0) is 12.8 Å². The lowest BCUT2D eigenvalue weighted by Crippen LogP contribution is -2.38. The number of rotatable bonds is 2. The molecule has 0 atom stereocenters. The minimum atomic E-state index is -0.739. The highest BCUT2D eigenvalue weighted by Crippen LogP contribution is 2.43. The standard InChI is InChI=1S/C6H8N2O2S/c9-5(10)6(1-2-6)8-4-11-3-7-8/h3H,1-2,4H2,(H,9,10). The maximum atomic E-state index is 10.7. The summed E-state index contributed by atoms with van der Waals surface area (Å²) in [6, 6.07) is 0. The van der Waals surface area contributed by atoms with E-state index in [1.165, 1.54) is 11.8 Å². The average molecular weight is 172 g/mol. The number of carboxylic acid groups (broad SMARTS) is 1. The molecule has 0 amide bonds. The lowest BCUT2D eigenvalue weighted by Gasteiger charge is -2.20. The molecule has 0 unspecified atom stereocenters. The van der Waals surface area contributed by atoms with Gasteiger partial charge in [-0.25, -0.2) is 4.79 Å². The lowest BCUT2D eigenvalue weighted by molar-refractivity contribution is -0.144. The second kappa shape index (κ2) is 2.14. The van der Waals surface area contributed by atoms with E-state index in [2.05, 4.69) is 5.10 Å². The fraction of sp³-hybridized carbons (Fsp3) is 0.667. The molecule has 5 heteroatoms. The predicted molar refractivity (Wildman–Crippen MR) is 42.4 cm³/mol. The van der Waals surface area contributed by atoms with Gasteiger partial charge in [0.15, 0.2) is 5.54 Å². The Hall–Kier alpha value is -0.710. The van der Waals surface area contributed by atoms with E-state index >= 15 is 0 Å². The van der Waals surface area contributed by atoms with Gasteiger partial charge in [0.05, 0.1) is 11.4 Å². The van der Waals surface area contributed by atoms with E-state index in [4.69, 9.17) is 5.11 Å². The second-order valence-corrected chi connectivity index (χ2v) is 3.56. The topological polar surface area (TPSA) is 52.9 Å². The van der Waals surface area contributed by atoms with Crippen molar-refractivity contribution in [2.45, 2.75) is 18.4 Å². The predicted octanol–water partition coefficient (Wildman–Crippen LogP) is 0.553. The summed E-state index contributed by atoms with van der Waals surface area (Å²) in [7, 11) is 0. The Morgan fingerprint density at radius 1 is 1.73 bits per heavy atom. The van der Waals surface area contributed by atoms with Gasteiger partial charge in [-0.2, -0.15) is 5.10 Å². The molecule has 1 N–H and O–H groups in total. The van der Waals surface area contributed by atoms with Gasteiger partial charge in [-0.3, -0.25) is 5.01 Å². The van der Waals surface area contributed by atoms with E-state index < -0.39 is 11.5 Å². The molecule has 0 radical (unpaired) electrons. The molecule has 4 nitrogen and oxygen atoms in total. The first-order valence-corrected chi connectivity index (χ1v) is 4.46. The van der Waals surface area contributed by atoms with Crippen molar-refractivity contribution in [2.75, 3.05) is 5.88 Å². The van der Waals surface area contributed by atoms with E-state index in [9.17, 15) is 4.79 Å². The van der Waals surface area contributed by atoms with E-state index in [1.54, 1.807) is 10.6 Å². The van der Waals surface area contributed by atoms with Crippen LogP contribution in [0.2, 0.25) is 0 Å². The third-order valence-corrected chi connectivity index (χ3v) is 2.71. The highest BCUT2D eigenvalue weighted by atomic mass is 32.2. The summed E-state index contributed by atoms with van der Waals surface area (Å²) >= 11 is 1.54. The summed E-state index contributed by atoms with van der Waals surface area (Å²) in [5, 5.41) is 14.5. The van der Waals surface area contributed by atoms with Crippen molar-refractivity contribution >= 4 is 23.3 Å². The Morgan fingerprint density at radius 3 is 2.82 bits per heavy atom. The van der Waals surface area contributed by atoms with Crippen molar-refractivity contribution in [1.29, 1.82) is 0 Å². The minimum absolute atomic E-state index is 0.639. The fourth-order valence-corrected chi connectivity index (χ4v) is 1.86. The van der Waals surface area contributed by atoms with Gasteiger partial charge >= 0.3 is 5.97 Å². The van der Waals surface area contributed by atoms with Crippen LogP contribution >= 0.6 is 11.8 Å². The van der Waals surface area contributed by atoms with Gasteiger partial charge in [-0.15, -0.1) is 0 Å². The number of hydrogen-bond acceptors (Lipinski definition) is 4. The quantitative estimate of drug-likeness (QED) is 0.661. The summed E-state index contributed by atoms with van der Waals surface area (Å²) in [5.41, 5.74) is 1.06. The Kier molecular flexibility index (Phi) is 1.35. The number of nitrogens with zero attached hydrogens (tertiary/aromatic N) is 2. The molecule has 1 heterocycles. The van der Waals surface area contributed by atoms with Crippen LogP contribution in [0.1, 0.15) is 12.8 Å². The van der Waals surface area contributed by atoms with Gasteiger partial charge in [0, 0.05) is 0 Å². The summed E-state index contributed by atoms with van der Waals surface area (Å²) in [5.74, 6) is -0.0519. The number of carbonyl (C=O) groups is 1. The van der Waals surface area contributed by atoms with Crippen molar-refractivity contribution < 1.29 is 9.90 Å². The molecule has 0 aromatic rings. The molecule has 60 valence electrons. The van der Waals surface area contributed by atoms with E-state index in [-0.39, 0.29) is 0 Å². The Bertz CT molecular complexity index is 225. The van der Waals surface area contributed by atoms with Crippen LogP contribution in [0.15, 0.2) is 5.10 Å². The van der Waals surface area contributed by atoms with Gasteiger partial charge in [0.2, 0.25) is 0 Å². The Labute approximate surface area is 68.3 Å². The highest BCUT2D eigenvalue weighted by molar-refractivity contribution is 8.12. The number of thioether (sulfide) groups is 1. The van der Waals surface area contributed by atoms with Gasteiger partial charge < -0.3 is 5.11 Å². The average Bonchev–Trinajstić information content (AvgIpc) is 2.61. The Balaban J connectivity index is 2.14. The minimum Gasteiger partial charge on any atom is -0.479 e. The molecule has 0 aromatic heterocycles. The number of aliphatic carboxylic acids is 1. The van der Waals surface area contributed by atoms with E-state index in [0.29, 0.717) is 5.88 Å². The molecule has 1 saturated carbocycles. The fourth-order valence-electron chi connectivity index (χ4n) is 1.16. The van der Waals surface area contributed by atoms with Crippen LogP contribution in [0.3, 0.4) is 0 Å². The smallest absolute Gasteiger partial charge is 0.331 e. The largest absolute Gasteiger partial charge is 0.479 e. The first kappa shape index (κ1) is 6.97. The maximum absolute atomic E-state index is 10.7. The molecular weight excluding hydrogens is 164 g/mol. The number of carboxylic acids is 1. The first-order chi connectivity index (χ1) is 5.26. The van der Waals surface area contributed by atoms with Crippen LogP contribution < -0.4 is 0 Å². The van der Waals surface area contributed by atoms with Crippen LogP contribution in [0.25, 0.3) is 0 Å². The summed E-state index contributed by atoms with van der Waals surface area (Å²) < 4.78 is 0. The summed E-state index contributed by atoms with van der Waals surface area (Å²) in [6.07, 6.45) is 1.47. The molecule has 0 spiro atoms. The molecule has 11 heavy (non-hydrogen) atoms. The van der Waals surface area contributed by atoms with Crippen LogP contribution in [0.5, 0.6) is 0 Å². The first-order valence-electron chi connectivity index (χ1n) is 3.41. The normalized spacial score (nSPS) is 25.6. The van der Waals surface area contributed by atoms with Crippen LogP contribution in [0, 0.1) is 0 Å². The van der Waals surface area contributed by atoms with Crippen molar-refractivity contribution in [1.82, 2.24) is 5.01 Å². The van der Waals surface area contributed by atoms with Crippen LogP contribution in [-0.2, 0) is 4.79 Å². The van der Waals surface area contributed by atoms with Crippen molar-refractivity contribution in [3.8, 4) is 0 Å². The third kappa shape index (κ3) is 0.910. The molecule has 2 rings (SSSR count).